The molecule has 3 rings (SSSR count). The first-order valence-corrected chi connectivity index (χ1v) is 9.10. The third-order valence-corrected chi connectivity index (χ3v) is 5.10. The van der Waals surface area contributed by atoms with Gasteiger partial charge >= 0.3 is 0 Å². The summed E-state index contributed by atoms with van der Waals surface area (Å²) in [5.41, 5.74) is 0.0214. The first kappa shape index (κ1) is 18.9. The van der Waals surface area contributed by atoms with Gasteiger partial charge in [0.05, 0.1) is 17.0 Å². The van der Waals surface area contributed by atoms with E-state index in [-0.39, 0.29) is 16.8 Å². The van der Waals surface area contributed by atoms with E-state index in [0.717, 1.165) is 10.2 Å². The van der Waals surface area contributed by atoms with Crippen LogP contribution in [0.25, 0.3) is 0 Å². The normalized spacial score (nSPS) is 11.6. The molecule has 1 N–H and O–H groups in total. The minimum absolute atomic E-state index is 0.00643. The molecule has 3 aromatic rings. The van der Waals surface area contributed by atoms with E-state index in [2.05, 4.69) is 9.82 Å². The van der Waals surface area contributed by atoms with Gasteiger partial charge in [-0.3, -0.25) is 9.40 Å². The minimum Gasteiger partial charge on any atom is -0.266 e. The lowest BCUT2D eigenvalue weighted by Gasteiger charge is -2.08. The van der Waals surface area contributed by atoms with Gasteiger partial charge in [-0.2, -0.15) is 5.10 Å². The number of aromatic nitrogens is 2. The van der Waals surface area contributed by atoms with Crippen molar-refractivity contribution in [2.24, 2.45) is 0 Å². The van der Waals surface area contributed by atoms with Crippen molar-refractivity contribution in [3.8, 4) is 0 Å². The van der Waals surface area contributed by atoms with E-state index < -0.39 is 45.4 Å². The van der Waals surface area contributed by atoms with Crippen molar-refractivity contribution in [1.29, 1.82) is 0 Å². The quantitative estimate of drug-likeness (QED) is 0.527. The predicted molar refractivity (Wildman–Crippen MR) is 89.6 cm³/mol. The van der Waals surface area contributed by atoms with Gasteiger partial charge in [0.2, 0.25) is 0 Å². The number of aryl methyl sites for hydroxylation is 1. The third kappa shape index (κ3) is 3.95. The first-order valence-electron chi connectivity index (χ1n) is 7.62. The Hall–Kier alpha value is -2.88. The van der Waals surface area contributed by atoms with Crippen molar-refractivity contribution in [2.45, 2.75) is 18.4 Å². The molecule has 0 aliphatic carbocycles. The molecular weight excluding hydrogens is 386 g/mol. The SMILES string of the molecule is Cc1ccc(S(=O)(=O)Nc2ccn(Cc3c(F)c(F)cc(F)c3F)n2)cc1. The Bertz CT molecular complexity index is 1070. The Labute approximate surface area is 152 Å². The molecule has 0 radical (unpaired) electrons. The lowest BCUT2D eigenvalue weighted by Crippen LogP contribution is -2.14. The summed E-state index contributed by atoms with van der Waals surface area (Å²) in [4.78, 5) is 0.00643. The topological polar surface area (TPSA) is 64.0 Å². The zero-order valence-corrected chi connectivity index (χ0v) is 14.7. The minimum atomic E-state index is -3.91. The van der Waals surface area contributed by atoms with Crippen molar-refractivity contribution >= 4 is 15.8 Å². The number of nitrogens with one attached hydrogen (secondary N) is 1. The molecule has 27 heavy (non-hydrogen) atoms. The van der Waals surface area contributed by atoms with Crippen LogP contribution in [0.1, 0.15) is 11.1 Å². The number of sulfonamides is 1. The smallest absolute Gasteiger partial charge is 0.263 e. The van der Waals surface area contributed by atoms with Crippen LogP contribution < -0.4 is 4.72 Å². The molecule has 0 fully saturated rings. The van der Waals surface area contributed by atoms with Crippen molar-refractivity contribution in [3.63, 3.8) is 0 Å². The Morgan fingerprint density at radius 3 is 2.19 bits per heavy atom. The third-order valence-electron chi connectivity index (χ3n) is 3.73. The second-order valence-electron chi connectivity index (χ2n) is 5.76. The molecule has 0 bridgehead atoms. The summed E-state index contributed by atoms with van der Waals surface area (Å²) in [6.07, 6.45) is 1.22. The van der Waals surface area contributed by atoms with Crippen LogP contribution in [0.3, 0.4) is 0 Å². The molecule has 2 aromatic carbocycles. The molecular formula is C17H13F4N3O2S. The van der Waals surface area contributed by atoms with Crippen LogP contribution in [0.4, 0.5) is 23.4 Å². The average molecular weight is 399 g/mol. The van der Waals surface area contributed by atoms with Crippen molar-refractivity contribution < 1.29 is 26.0 Å². The molecule has 0 aliphatic rings. The number of anilines is 1. The van der Waals surface area contributed by atoms with Gasteiger partial charge in [0.25, 0.3) is 10.0 Å². The van der Waals surface area contributed by atoms with Crippen molar-refractivity contribution in [2.75, 3.05) is 4.72 Å². The van der Waals surface area contributed by atoms with E-state index >= 15 is 0 Å². The maximum Gasteiger partial charge on any atom is 0.263 e. The molecule has 142 valence electrons. The largest absolute Gasteiger partial charge is 0.266 e. The highest BCUT2D eigenvalue weighted by molar-refractivity contribution is 7.92. The maximum atomic E-state index is 13.7. The lowest BCUT2D eigenvalue weighted by molar-refractivity contribution is 0.431. The Morgan fingerprint density at radius 2 is 1.59 bits per heavy atom. The molecule has 0 spiro atoms. The van der Waals surface area contributed by atoms with Gasteiger partial charge in [0.15, 0.2) is 29.1 Å². The van der Waals surface area contributed by atoms with E-state index in [1.165, 1.54) is 24.4 Å². The van der Waals surface area contributed by atoms with Gasteiger partial charge in [-0.15, -0.1) is 0 Å². The summed E-state index contributed by atoms with van der Waals surface area (Å²) in [5, 5.41) is 3.82. The zero-order valence-electron chi connectivity index (χ0n) is 13.9. The molecule has 0 saturated carbocycles. The van der Waals surface area contributed by atoms with Crippen LogP contribution in [-0.4, -0.2) is 18.2 Å². The van der Waals surface area contributed by atoms with Gasteiger partial charge in [0.1, 0.15) is 0 Å². The highest BCUT2D eigenvalue weighted by Crippen LogP contribution is 2.21. The van der Waals surface area contributed by atoms with Crippen LogP contribution in [0.15, 0.2) is 47.5 Å². The monoisotopic (exact) mass is 399 g/mol. The number of benzene rings is 2. The fourth-order valence-electron chi connectivity index (χ4n) is 2.34. The van der Waals surface area contributed by atoms with Crippen LogP contribution in [-0.2, 0) is 16.6 Å². The number of hydrogen-bond acceptors (Lipinski definition) is 3. The van der Waals surface area contributed by atoms with Crippen LogP contribution in [0, 0.1) is 30.2 Å². The zero-order chi connectivity index (χ0) is 19.8. The van der Waals surface area contributed by atoms with Gasteiger partial charge in [-0.05, 0) is 19.1 Å². The van der Waals surface area contributed by atoms with E-state index in [1.54, 1.807) is 19.1 Å². The standard InChI is InChI=1S/C17H13F4N3O2S/c1-10-2-4-11(5-3-10)27(25,26)23-15-6-7-24(22-15)9-12-16(20)13(18)8-14(19)17(12)21/h2-8H,9H2,1H3,(H,22,23). The van der Waals surface area contributed by atoms with E-state index in [1.807, 2.05) is 0 Å². The summed E-state index contributed by atoms with van der Waals surface area (Å²) in [5.74, 6) is -6.25. The Morgan fingerprint density at radius 1 is 1.00 bits per heavy atom. The van der Waals surface area contributed by atoms with E-state index in [0.29, 0.717) is 0 Å². The van der Waals surface area contributed by atoms with Crippen molar-refractivity contribution in [3.05, 3.63) is 77.0 Å². The van der Waals surface area contributed by atoms with E-state index in [4.69, 9.17) is 0 Å². The number of hydrogen-bond donors (Lipinski definition) is 1. The Balaban J connectivity index is 1.83. The molecule has 10 heteroatoms. The van der Waals surface area contributed by atoms with E-state index in [9.17, 15) is 26.0 Å². The van der Waals surface area contributed by atoms with Crippen LogP contribution >= 0.6 is 0 Å². The maximum absolute atomic E-state index is 13.7. The molecule has 0 amide bonds. The predicted octanol–water partition coefficient (Wildman–Crippen LogP) is 3.60. The summed E-state index contributed by atoms with van der Waals surface area (Å²) in [7, 11) is -3.91. The number of rotatable bonds is 5. The molecule has 0 aliphatic heterocycles. The van der Waals surface area contributed by atoms with Crippen molar-refractivity contribution in [1.82, 2.24) is 9.78 Å². The van der Waals surface area contributed by atoms with Crippen LogP contribution in [0.5, 0.6) is 0 Å². The fraction of sp³-hybridized carbons (Fsp3) is 0.118. The van der Waals surface area contributed by atoms with Gasteiger partial charge in [0, 0.05) is 18.3 Å². The average Bonchev–Trinajstić information content (AvgIpc) is 3.03. The Kier molecular flexibility index (Phi) is 4.92. The van der Waals surface area contributed by atoms with Gasteiger partial charge < -0.3 is 0 Å². The number of halogens is 4. The molecule has 5 nitrogen and oxygen atoms in total. The highest BCUT2D eigenvalue weighted by Gasteiger charge is 2.20. The van der Waals surface area contributed by atoms with Crippen LogP contribution in [0.2, 0.25) is 0 Å². The lowest BCUT2D eigenvalue weighted by atomic mass is 10.2. The molecule has 1 heterocycles. The summed E-state index contributed by atoms with van der Waals surface area (Å²) < 4.78 is 81.7. The molecule has 0 atom stereocenters. The highest BCUT2D eigenvalue weighted by atomic mass is 32.2. The summed E-state index contributed by atoms with van der Waals surface area (Å²) in [6.45, 7) is 1.18. The van der Waals surface area contributed by atoms with Gasteiger partial charge in [-0.25, -0.2) is 26.0 Å². The molecule has 0 unspecified atom stereocenters. The summed E-state index contributed by atoms with van der Waals surface area (Å²) in [6, 6.07) is 7.42. The molecule has 1 aromatic heterocycles. The molecule has 0 saturated heterocycles. The second-order valence-corrected chi connectivity index (χ2v) is 7.45. The summed E-state index contributed by atoms with van der Waals surface area (Å²) >= 11 is 0. The fourth-order valence-corrected chi connectivity index (χ4v) is 3.34. The van der Waals surface area contributed by atoms with Gasteiger partial charge in [-0.1, -0.05) is 17.7 Å². The number of nitrogens with zero attached hydrogens (tertiary/aromatic N) is 2. The first-order chi connectivity index (χ1) is 12.7. The second kappa shape index (κ2) is 7.03.